The number of nitrogens with one attached hydrogen (secondary N) is 1. The molecule has 0 aliphatic carbocycles. The van der Waals surface area contributed by atoms with Crippen LogP contribution in [0, 0.1) is 0 Å². The molecule has 1 amide bonds. The molecule has 2 fully saturated rings. The molecule has 3 aliphatic heterocycles. The van der Waals surface area contributed by atoms with Gasteiger partial charge in [0.05, 0.1) is 18.8 Å². The summed E-state index contributed by atoms with van der Waals surface area (Å²) < 4.78 is 55.4. The van der Waals surface area contributed by atoms with Crippen LogP contribution < -0.4 is 11.1 Å². The topological polar surface area (TPSA) is 209 Å². The third kappa shape index (κ3) is 6.98. The number of carbonyl (C=O) groups is 1. The van der Waals surface area contributed by atoms with Gasteiger partial charge in [0.2, 0.25) is 0 Å². The molecule has 3 aliphatic rings. The number of ether oxygens (including phenoxy) is 2. The Morgan fingerprint density at radius 2 is 2.00 bits per heavy atom. The number of phosphoric acid groups is 2. The molecule has 35 heavy (non-hydrogen) atoms. The zero-order chi connectivity index (χ0) is 26.1. The molecule has 0 spiro atoms. The second-order valence-electron chi connectivity index (χ2n) is 8.34. The Labute approximate surface area is 202 Å². The Morgan fingerprint density at radius 1 is 1.31 bits per heavy atom. The first-order chi connectivity index (χ1) is 16.2. The highest BCUT2D eigenvalue weighted by Crippen LogP contribution is 2.64. The Morgan fingerprint density at radius 3 is 2.66 bits per heavy atom. The van der Waals surface area contributed by atoms with Crippen molar-refractivity contribution in [1.29, 1.82) is 0 Å². The van der Waals surface area contributed by atoms with E-state index in [1.54, 1.807) is 13.8 Å². The van der Waals surface area contributed by atoms with Gasteiger partial charge in [-0.1, -0.05) is 6.58 Å². The summed E-state index contributed by atoms with van der Waals surface area (Å²) in [6, 6.07) is -0.761. The predicted molar refractivity (Wildman–Crippen MR) is 118 cm³/mol. The largest absolute Gasteiger partial charge is 0.485 e. The molecule has 3 heterocycles. The first-order valence-corrected chi connectivity index (χ1v) is 13.6. The van der Waals surface area contributed by atoms with Crippen molar-refractivity contribution >= 4 is 21.6 Å². The second kappa shape index (κ2) is 11.1. The molecule has 0 bridgehead atoms. The van der Waals surface area contributed by atoms with Gasteiger partial charge in [-0.05, 0) is 20.3 Å². The molecule has 0 aromatic carbocycles. The number of phosphoric ester groups is 2. The lowest BCUT2D eigenvalue weighted by Gasteiger charge is -2.36. The normalized spacial score (nSPS) is 37.4. The second-order valence-corrected chi connectivity index (χ2v) is 11.7. The Hall–Kier alpha value is -1.19. The summed E-state index contributed by atoms with van der Waals surface area (Å²) in [7, 11) is -8.95. The van der Waals surface area contributed by atoms with Crippen molar-refractivity contribution in [3.8, 4) is 0 Å². The lowest BCUT2D eigenvalue weighted by Crippen LogP contribution is -2.52. The van der Waals surface area contributed by atoms with Gasteiger partial charge in [-0.15, -0.1) is 0 Å². The molecule has 0 aromatic rings. The average molecular weight is 543 g/mol. The average Bonchev–Trinajstić information content (AvgIpc) is 3.12. The zero-order valence-corrected chi connectivity index (χ0v) is 21.2. The van der Waals surface area contributed by atoms with Crippen LogP contribution in [0.25, 0.3) is 0 Å². The van der Waals surface area contributed by atoms with Gasteiger partial charge in [-0.3, -0.25) is 18.4 Å². The van der Waals surface area contributed by atoms with E-state index >= 15 is 0 Å². The molecule has 6 N–H and O–H groups in total. The standard InChI is InChI=1S/C18H31N3O12P2/c1-9-7-21(11(3)20-17(9)24)15-6-13(22)14(31-15)8-29-34(25,26)33-35(27,28-4)32-18-16(23)12(19)5-10(2)30-18/h7,10,12-16,18,22-23H,3,5-6,8,19H2,1-2,4H3,(H,20,24)(H,25,26)/t10?,12-,13?,14+,15+,16?,18+,35?/m0/s1. The van der Waals surface area contributed by atoms with Gasteiger partial charge in [0.1, 0.15) is 24.3 Å². The van der Waals surface area contributed by atoms with E-state index in [-0.39, 0.29) is 18.1 Å². The number of hydrogen-bond donors (Lipinski definition) is 5. The highest BCUT2D eigenvalue weighted by molar-refractivity contribution is 7.61. The number of nitrogens with zero attached hydrogens (tertiary/aromatic N) is 1. The molecule has 200 valence electrons. The Bertz CT molecular complexity index is 948. The van der Waals surface area contributed by atoms with Crippen LogP contribution in [0.4, 0.5) is 0 Å². The number of carbonyl (C=O) groups excluding carboxylic acids is 1. The van der Waals surface area contributed by atoms with Gasteiger partial charge in [0.15, 0.2) is 6.29 Å². The zero-order valence-electron chi connectivity index (χ0n) is 19.4. The molecule has 17 heteroatoms. The van der Waals surface area contributed by atoms with Crippen LogP contribution in [-0.4, -0.2) is 82.6 Å². The molecular weight excluding hydrogens is 512 g/mol. The Balaban J connectivity index is 1.58. The van der Waals surface area contributed by atoms with Crippen LogP contribution in [0.1, 0.15) is 26.7 Å². The maximum atomic E-state index is 12.8. The fourth-order valence-electron chi connectivity index (χ4n) is 3.65. The summed E-state index contributed by atoms with van der Waals surface area (Å²) in [4.78, 5) is 23.3. The van der Waals surface area contributed by atoms with Crippen LogP contribution >= 0.6 is 15.6 Å². The summed E-state index contributed by atoms with van der Waals surface area (Å²) in [5, 5.41) is 23.0. The first-order valence-electron chi connectivity index (χ1n) is 10.7. The third-order valence-electron chi connectivity index (χ3n) is 5.52. The number of rotatable bonds is 9. The molecule has 3 rings (SSSR count). The van der Waals surface area contributed by atoms with Crippen molar-refractivity contribution in [3.63, 3.8) is 0 Å². The minimum Gasteiger partial charge on any atom is -0.390 e. The summed E-state index contributed by atoms with van der Waals surface area (Å²) in [6.07, 6.45) is -4.47. The van der Waals surface area contributed by atoms with E-state index < -0.39 is 65.2 Å². The molecule has 15 nitrogen and oxygen atoms in total. The van der Waals surface area contributed by atoms with E-state index in [0.717, 1.165) is 7.11 Å². The van der Waals surface area contributed by atoms with Crippen molar-refractivity contribution in [3.05, 3.63) is 24.2 Å². The molecule has 0 aromatic heterocycles. The number of nitrogens with two attached hydrogens (primary N) is 1. The monoisotopic (exact) mass is 543 g/mol. The van der Waals surface area contributed by atoms with Crippen molar-refractivity contribution in [2.24, 2.45) is 5.73 Å². The van der Waals surface area contributed by atoms with Crippen molar-refractivity contribution in [1.82, 2.24) is 10.2 Å². The van der Waals surface area contributed by atoms with Gasteiger partial charge in [-0.25, -0.2) is 9.13 Å². The smallest absolute Gasteiger partial charge is 0.390 e. The molecule has 0 saturated carbocycles. The maximum Gasteiger partial charge on any atom is 0.485 e. The fraction of sp³-hybridized carbons (Fsp3) is 0.722. The van der Waals surface area contributed by atoms with Crippen LogP contribution in [0.2, 0.25) is 0 Å². The maximum absolute atomic E-state index is 12.8. The molecule has 2 saturated heterocycles. The number of aliphatic hydroxyl groups excluding tert-OH is 2. The van der Waals surface area contributed by atoms with Crippen molar-refractivity contribution < 1.29 is 56.4 Å². The van der Waals surface area contributed by atoms with E-state index in [1.807, 2.05) is 0 Å². The van der Waals surface area contributed by atoms with E-state index in [2.05, 4.69) is 20.7 Å². The van der Waals surface area contributed by atoms with E-state index in [9.17, 15) is 29.0 Å². The molecule has 5 unspecified atom stereocenters. The summed E-state index contributed by atoms with van der Waals surface area (Å²) >= 11 is 0. The SMILES string of the molecule is C=C1NC(=O)C(C)=CN1[C@H]1CC(O)[C@@H](COP(=O)(O)OP(=O)(OC)O[C@H]2OC(C)C[C@H](N)C2O)O1. The summed E-state index contributed by atoms with van der Waals surface area (Å²) in [5.74, 6) is -0.0923. The van der Waals surface area contributed by atoms with Crippen LogP contribution in [0.15, 0.2) is 24.2 Å². The quantitative estimate of drug-likeness (QED) is 0.243. The van der Waals surface area contributed by atoms with Gasteiger partial charge < -0.3 is 40.5 Å². The minimum absolute atomic E-state index is 0.0678. The predicted octanol–water partition coefficient (Wildman–Crippen LogP) is -0.00310. The van der Waals surface area contributed by atoms with Crippen LogP contribution in [0.3, 0.4) is 0 Å². The Kier molecular flexibility index (Phi) is 8.96. The molecule has 9 atom stereocenters. The summed E-state index contributed by atoms with van der Waals surface area (Å²) in [5.41, 5.74) is 6.17. The van der Waals surface area contributed by atoms with Gasteiger partial charge in [0, 0.05) is 31.3 Å². The van der Waals surface area contributed by atoms with Crippen LogP contribution in [-0.2, 0) is 41.3 Å². The van der Waals surface area contributed by atoms with Crippen molar-refractivity contribution in [2.45, 2.75) is 69.7 Å². The van der Waals surface area contributed by atoms with Crippen LogP contribution in [0.5, 0.6) is 0 Å². The van der Waals surface area contributed by atoms with Gasteiger partial charge in [0.25, 0.3) is 5.91 Å². The first kappa shape index (κ1) is 28.4. The highest BCUT2D eigenvalue weighted by Gasteiger charge is 2.46. The minimum atomic E-state index is -5.08. The van der Waals surface area contributed by atoms with Gasteiger partial charge >= 0.3 is 15.6 Å². The van der Waals surface area contributed by atoms with E-state index in [1.165, 1.54) is 11.1 Å². The lowest BCUT2D eigenvalue weighted by atomic mass is 10.0. The number of aliphatic hydroxyl groups is 2. The lowest BCUT2D eigenvalue weighted by molar-refractivity contribution is -0.209. The highest BCUT2D eigenvalue weighted by atomic mass is 31.3. The third-order valence-corrected chi connectivity index (χ3v) is 8.54. The summed E-state index contributed by atoms with van der Waals surface area (Å²) in [6.45, 7) is 6.33. The van der Waals surface area contributed by atoms with E-state index in [0.29, 0.717) is 12.0 Å². The van der Waals surface area contributed by atoms with Crippen molar-refractivity contribution in [2.75, 3.05) is 13.7 Å². The number of hydrogen-bond acceptors (Lipinski definition) is 13. The fourth-order valence-corrected chi connectivity index (χ4v) is 6.12. The number of amides is 1. The van der Waals surface area contributed by atoms with E-state index in [4.69, 9.17) is 24.3 Å². The van der Waals surface area contributed by atoms with Gasteiger partial charge in [-0.2, -0.15) is 4.31 Å². The molecular formula is C18H31N3O12P2. The molecule has 0 radical (unpaired) electrons.